The summed E-state index contributed by atoms with van der Waals surface area (Å²) >= 11 is 0. The summed E-state index contributed by atoms with van der Waals surface area (Å²) in [5.41, 5.74) is 4.20. The summed E-state index contributed by atoms with van der Waals surface area (Å²) in [5.74, 6) is 0.659. The molecule has 2 heterocycles. The van der Waals surface area contributed by atoms with E-state index in [0.717, 1.165) is 34.4 Å². The van der Waals surface area contributed by atoms with Crippen LogP contribution in [0.1, 0.15) is 48.2 Å². The first-order valence-corrected chi connectivity index (χ1v) is 10.9. The molecule has 2 fully saturated rings. The van der Waals surface area contributed by atoms with Crippen LogP contribution >= 0.6 is 0 Å². The third kappa shape index (κ3) is 3.30. The Morgan fingerprint density at radius 3 is 2.26 bits per heavy atom. The molecule has 4 amide bonds. The van der Waals surface area contributed by atoms with Crippen LogP contribution in [0.3, 0.4) is 0 Å². The van der Waals surface area contributed by atoms with Crippen molar-refractivity contribution in [3.63, 3.8) is 0 Å². The van der Waals surface area contributed by atoms with E-state index < -0.39 is 5.54 Å². The van der Waals surface area contributed by atoms with Crippen LogP contribution in [0, 0.1) is 5.92 Å². The van der Waals surface area contributed by atoms with Gasteiger partial charge in [0, 0.05) is 32.2 Å². The van der Waals surface area contributed by atoms with Gasteiger partial charge in [0.15, 0.2) is 0 Å². The zero-order valence-electron chi connectivity index (χ0n) is 18.2. The van der Waals surface area contributed by atoms with Gasteiger partial charge < -0.3 is 9.80 Å². The fourth-order valence-electron chi connectivity index (χ4n) is 4.60. The van der Waals surface area contributed by atoms with E-state index in [1.54, 1.807) is 18.7 Å². The lowest BCUT2D eigenvalue weighted by molar-refractivity contribution is -0.131. The van der Waals surface area contributed by atoms with Crippen LogP contribution in [-0.4, -0.2) is 51.7 Å². The second-order valence-electron chi connectivity index (χ2n) is 9.49. The number of imide groups is 1. The monoisotopic (exact) mass is 417 g/mol. The number of rotatable bonds is 5. The molecule has 6 nitrogen and oxygen atoms in total. The van der Waals surface area contributed by atoms with Crippen LogP contribution in [0.2, 0.25) is 0 Å². The average molecular weight is 418 g/mol. The lowest BCUT2D eigenvalue weighted by Gasteiger charge is -2.27. The van der Waals surface area contributed by atoms with Gasteiger partial charge in [0.25, 0.3) is 11.8 Å². The van der Waals surface area contributed by atoms with Crippen molar-refractivity contribution in [1.82, 2.24) is 14.7 Å². The molecule has 0 spiro atoms. The van der Waals surface area contributed by atoms with Crippen molar-refractivity contribution >= 4 is 17.8 Å². The number of fused-ring (bicyclic) bond motifs is 1. The smallest absolute Gasteiger partial charge is 0.327 e. The Labute approximate surface area is 182 Å². The summed E-state index contributed by atoms with van der Waals surface area (Å²) in [7, 11) is 1.53. The molecule has 1 saturated heterocycles. The zero-order chi connectivity index (χ0) is 21.9. The first-order valence-electron chi connectivity index (χ1n) is 10.9. The maximum atomic E-state index is 12.6. The fraction of sp³-hybridized carbons (Fsp3) is 0.400. The van der Waals surface area contributed by atoms with E-state index >= 15 is 0 Å². The molecule has 0 N–H and O–H groups in total. The molecule has 3 aliphatic rings. The van der Waals surface area contributed by atoms with Gasteiger partial charge in [-0.05, 0) is 67.0 Å². The lowest BCUT2D eigenvalue weighted by Crippen LogP contribution is -2.43. The zero-order valence-corrected chi connectivity index (χ0v) is 18.2. The van der Waals surface area contributed by atoms with Gasteiger partial charge in [-0.25, -0.2) is 4.79 Å². The molecule has 1 saturated carbocycles. The second kappa shape index (κ2) is 6.94. The standard InChI is InChI=1S/C25H27N3O3/c1-25(2)23(30)26(3)24(31)28(25)14-17-6-8-18(9-7-17)19-10-11-21-20(12-19)15-27(22(21)29)13-16-4-5-16/h6-12,16H,4-5,13-15H2,1-3H3. The van der Waals surface area contributed by atoms with Crippen molar-refractivity contribution in [1.29, 1.82) is 0 Å². The number of likely N-dealkylation sites (N-methyl/N-ethyl adjacent to an activating group) is 1. The number of urea groups is 1. The van der Waals surface area contributed by atoms with E-state index in [1.165, 1.54) is 24.8 Å². The molecule has 2 aromatic rings. The predicted octanol–water partition coefficient (Wildman–Crippen LogP) is 3.89. The summed E-state index contributed by atoms with van der Waals surface area (Å²) in [5, 5.41) is 0. The Bertz CT molecular complexity index is 1090. The highest BCUT2D eigenvalue weighted by Crippen LogP contribution is 2.35. The van der Waals surface area contributed by atoms with Crippen LogP contribution in [0.5, 0.6) is 0 Å². The minimum atomic E-state index is -0.844. The molecule has 0 unspecified atom stereocenters. The molecule has 2 aromatic carbocycles. The second-order valence-corrected chi connectivity index (χ2v) is 9.49. The van der Waals surface area contributed by atoms with E-state index in [-0.39, 0.29) is 17.8 Å². The number of nitrogens with zero attached hydrogens (tertiary/aromatic N) is 3. The molecule has 0 atom stereocenters. The van der Waals surface area contributed by atoms with Gasteiger partial charge in [-0.2, -0.15) is 0 Å². The van der Waals surface area contributed by atoms with Gasteiger partial charge in [-0.1, -0.05) is 30.3 Å². The molecule has 1 aliphatic carbocycles. The highest BCUT2D eigenvalue weighted by atomic mass is 16.2. The largest absolute Gasteiger partial charge is 0.334 e. The maximum Gasteiger partial charge on any atom is 0.327 e. The third-order valence-electron chi connectivity index (χ3n) is 6.81. The molecule has 31 heavy (non-hydrogen) atoms. The van der Waals surface area contributed by atoms with E-state index in [1.807, 2.05) is 41.3 Å². The molecule has 0 aromatic heterocycles. The molecule has 0 bridgehead atoms. The van der Waals surface area contributed by atoms with Crippen LogP contribution < -0.4 is 0 Å². The van der Waals surface area contributed by atoms with Gasteiger partial charge in [0.1, 0.15) is 5.54 Å². The summed E-state index contributed by atoms with van der Waals surface area (Å²) in [6.07, 6.45) is 2.48. The number of hydrogen-bond acceptors (Lipinski definition) is 3. The van der Waals surface area contributed by atoms with Crippen LogP contribution in [0.15, 0.2) is 42.5 Å². The Morgan fingerprint density at radius 1 is 0.968 bits per heavy atom. The van der Waals surface area contributed by atoms with Crippen molar-refractivity contribution in [3.8, 4) is 11.1 Å². The quantitative estimate of drug-likeness (QED) is 0.694. The number of benzene rings is 2. The topological polar surface area (TPSA) is 60.9 Å². The van der Waals surface area contributed by atoms with Gasteiger partial charge in [0.05, 0.1) is 0 Å². The summed E-state index contributed by atoms with van der Waals surface area (Å²) in [6.45, 7) is 5.52. The molecule has 0 radical (unpaired) electrons. The van der Waals surface area contributed by atoms with Crippen molar-refractivity contribution < 1.29 is 14.4 Å². The fourth-order valence-corrected chi connectivity index (χ4v) is 4.60. The van der Waals surface area contributed by atoms with E-state index in [4.69, 9.17) is 0 Å². The first-order chi connectivity index (χ1) is 14.8. The number of amides is 4. The minimum Gasteiger partial charge on any atom is -0.334 e. The minimum absolute atomic E-state index is 0.154. The molecular weight excluding hydrogens is 390 g/mol. The van der Waals surface area contributed by atoms with Crippen LogP contribution in [0.4, 0.5) is 4.79 Å². The molecule has 6 heteroatoms. The van der Waals surface area contributed by atoms with Gasteiger partial charge in [-0.15, -0.1) is 0 Å². The van der Waals surface area contributed by atoms with Crippen molar-refractivity contribution in [2.75, 3.05) is 13.6 Å². The predicted molar refractivity (Wildman–Crippen MR) is 117 cm³/mol. The number of hydrogen-bond donors (Lipinski definition) is 0. The van der Waals surface area contributed by atoms with Gasteiger partial charge >= 0.3 is 6.03 Å². The molecule has 5 rings (SSSR count). The summed E-state index contributed by atoms with van der Waals surface area (Å²) < 4.78 is 0. The van der Waals surface area contributed by atoms with Gasteiger partial charge in [-0.3, -0.25) is 14.5 Å². The summed E-state index contributed by atoms with van der Waals surface area (Å²) in [6, 6.07) is 13.9. The van der Waals surface area contributed by atoms with E-state index in [9.17, 15) is 14.4 Å². The van der Waals surface area contributed by atoms with Gasteiger partial charge in [0.2, 0.25) is 0 Å². The number of carbonyl (C=O) groups excluding carboxylic acids is 3. The van der Waals surface area contributed by atoms with Crippen LogP contribution in [0.25, 0.3) is 11.1 Å². The Balaban J connectivity index is 1.33. The van der Waals surface area contributed by atoms with E-state index in [0.29, 0.717) is 19.0 Å². The maximum absolute atomic E-state index is 12.6. The van der Waals surface area contributed by atoms with Crippen molar-refractivity contribution in [2.45, 2.75) is 45.3 Å². The Kier molecular flexibility index (Phi) is 4.43. The highest BCUT2D eigenvalue weighted by Gasteiger charge is 2.49. The lowest BCUT2D eigenvalue weighted by atomic mass is 9.99. The third-order valence-corrected chi connectivity index (χ3v) is 6.81. The first kappa shape index (κ1) is 19.8. The van der Waals surface area contributed by atoms with E-state index in [2.05, 4.69) is 6.07 Å². The summed E-state index contributed by atoms with van der Waals surface area (Å²) in [4.78, 5) is 42.2. The molecule has 2 aliphatic heterocycles. The van der Waals surface area contributed by atoms with Crippen LogP contribution in [-0.2, 0) is 17.9 Å². The van der Waals surface area contributed by atoms with Crippen molar-refractivity contribution in [3.05, 3.63) is 59.2 Å². The molecular formula is C25H27N3O3. The SMILES string of the molecule is CN1C(=O)N(Cc2ccc(-c3ccc4c(c3)CN(CC3CC3)C4=O)cc2)C(C)(C)C1=O. The Hall–Kier alpha value is -3.15. The Morgan fingerprint density at radius 2 is 1.65 bits per heavy atom. The highest BCUT2D eigenvalue weighted by molar-refractivity contribution is 6.06. The van der Waals surface area contributed by atoms with Crippen molar-refractivity contribution in [2.24, 2.45) is 5.92 Å². The molecule has 160 valence electrons. The number of carbonyl (C=O) groups is 3. The normalized spacial score (nSPS) is 20.1. The average Bonchev–Trinajstić information content (AvgIpc) is 3.51.